The molecule has 2 N–H and O–H groups in total. The van der Waals surface area contributed by atoms with Crippen LogP contribution in [0.1, 0.15) is 17.4 Å². The number of diazo groups is 1. The number of nitriles is 1. The minimum Gasteiger partial charge on any atom is -0.500 e. The summed E-state index contributed by atoms with van der Waals surface area (Å²) in [5, 5.41) is 32.5. The maximum Gasteiger partial charge on any atom is 0.510 e. The maximum absolute atomic E-state index is 12.1. The van der Waals surface area contributed by atoms with E-state index >= 15 is 0 Å². The molecule has 3 rings (SSSR count). The highest BCUT2D eigenvalue weighted by Crippen LogP contribution is 2.40. The lowest BCUT2D eigenvalue weighted by Crippen LogP contribution is -2.07. The molecule has 0 saturated carbocycles. The molecule has 148 valence electrons. The minimum absolute atomic E-state index is 0.0610. The third-order valence-electron chi connectivity index (χ3n) is 4.12. The van der Waals surface area contributed by atoms with Crippen LogP contribution in [0.5, 0.6) is 0 Å². The second-order valence-electron chi connectivity index (χ2n) is 6.02. The Kier molecular flexibility index (Phi) is 6.43. The molecule has 0 aliphatic carbocycles. The first-order valence-electron chi connectivity index (χ1n) is 9.00. The van der Waals surface area contributed by atoms with Crippen LogP contribution in [0.4, 0.5) is 11.4 Å². The number of carbonyl (C=O) groups excluding carboxylic acids is 1. The van der Waals surface area contributed by atoms with Gasteiger partial charge >= 0.3 is 11.7 Å². The van der Waals surface area contributed by atoms with Crippen LogP contribution in [-0.2, 0) is 9.53 Å². The van der Waals surface area contributed by atoms with Gasteiger partial charge in [-0.05, 0) is 30.7 Å². The van der Waals surface area contributed by atoms with E-state index in [1.165, 1.54) is 11.3 Å². The molecule has 0 aliphatic rings. The standard InChI is InChI=1S/C22H16N4O3S/c1-2-29-22(28)19(26-24)20(27)21-17(25-16-11-7-6-10-15(16)13-23)12-18(30-21)14-8-4-3-5-9-14/h3-12H,2H2,1H3,(H-,25,27,28)/p+1. The molecule has 3 aromatic rings. The van der Waals surface area contributed by atoms with Gasteiger partial charge in [0.15, 0.2) is 4.98 Å². The molecule has 0 bridgehead atoms. The minimum atomic E-state index is -0.949. The van der Waals surface area contributed by atoms with Crippen molar-refractivity contribution in [3.8, 4) is 16.5 Å². The first kappa shape index (κ1) is 20.6. The van der Waals surface area contributed by atoms with Crippen LogP contribution in [0.25, 0.3) is 21.2 Å². The second-order valence-corrected chi connectivity index (χ2v) is 7.07. The van der Waals surface area contributed by atoms with Crippen molar-refractivity contribution in [2.45, 2.75) is 6.92 Å². The van der Waals surface area contributed by atoms with Crippen LogP contribution in [0.3, 0.4) is 0 Å². The fourth-order valence-electron chi connectivity index (χ4n) is 2.73. The van der Waals surface area contributed by atoms with Crippen molar-refractivity contribution in [1.82, 2.24) is 0 Å². The van der Waals surface area contributed by atoms with E-state index in [9.17, 15) is 20.6 Å². The van der Waals surface area contributed by atoms with E-state index in [4.69, 9.17) is 4.74 Å². The summed E-state index contributed by atoms with van der Waals surface area (Å²) in [6, 6.07) is 20.3. The number of hydrogen-bond acceptors (Lipinski definition) is 7. The highest BCUT2D eigenvalue weighted by atomic mass is 32.1. The van der Waals surface area contributed by atoms with Gasteiger partial charge in [0.25, 0.3) is 0 Å². The maximum atomic E-state index is 12.1. The molecule has 0 aliphatic heterocycles. The van der Waals surface area contributed by atoms with Gasteiger partial charge in [-0.15, -0.1) is 11.3 Å². The van der Waals surface area contributed by atoms with Crippen LogP contribution < -0.4 is 5.32 Å². The van der Waals surface area contributed by atoms with Gasteiger partial charge in [-0.3, -0.25) is 0 Å². The lowest BCUT2D eigenvalue weighted by molar-refractivity contribution is -0.138. The largest absolute Gasteiger partial charge is 0.510 e. The molecule has 1 heterocycles. The quantitative estimate of drug-likeness (QED) is 0.231. The summed E-state index contributed by atoms with van der Waals surface area (Å²) >= 11 is 1.20. The van der Waals surface area contributed by atoms with Crippen molar-refractivity contribution in [3.63, 3.8) is 0 Å². The summed E-state index contributed by atoms with van der Waals surface area (Å²) in [5.41, 5.74) is 1.69. The van der Waals surface area contributed by atoms with Gasteiger partial charge in [-0.2, -0.15) is 5.26 Å². The Morgan fingerprint density at radius 3 is 2.53 bits per heavy atom. The Hall–Kier alpha value is -4.14. The van der Waals surface area contributed by atoms with Gasteiger partial charge in [0.2, 0.25) is 11.2 Å². The Morgan fingerprint density at radius 2 is 1.87 bits per heavy atom. The molecule has 0 saturated heterocycles. The van der Waals surface area contributed by atoms with Gasteiger partial charge in [-0.1, -0.05) is 42.5 Å². The van der Waals surface area contributed by atoms with Crippen molar-refractivity contribution < 1.29 is 14.6 Å². The number of thiophene rings is 1. The number of benzene rings is 2. The third-order valence-corrected chi connectivity index (χ3v) is 5.31. The molecule has 8 heteroatoms. The SMILES string of the molecule is CCOC(=O)/C([N+]#N)=C(\O)c1sc(-c2ccccc2)cc1Nc1ccccc1C#N. The molecule has 2 aromatic carbocycles. The third kappa shape index (κ3) is 4.30. The smallest absolute Gasteiger partial charge is 0.500 e. The molecule has 0 fully saturated rings. The zero-order valence-electron chi connectivity index (χ0n) is 16.0. The van der Waals surface area contributed by atoms with Crippen LogP contribution in [0, 0.1) is 16.7 Å². The van der Waals surface area contributed by atoms with Crippen LogP contribution in [-0.4, -0.2) is 17.7 Å². The van der Waals surface area contributed by atoms with Gasteiger partial charge in [0.05, 0.1) is 23.5 Å². The summed E-state index contributed by atoms with van der Waals surface area (Å²) in [5.74, 6) is -1.48. The van der Waals surface area contributed by atoms with E-state index in [1.807, 2.05) is 30.3 Å². The zero-order valence-corrected chi connectivity index (χ0v) is 16.8. The van der Waals surface area contributed by atoms with Crippen molar-refractivity contribution >= 4 is 34.4 Å². The molecule has 1 aromatic heterocycles. The summed E-state index contributed by atoms with van der Waals surface area (Å²) in [4.78, 5) is 16.1. The van der Waals surface area contributed by atoms with Crippen molar-refractivity contribution in [2.75, 3.05) is 11.9 Å². The van der Waals surface area contributed by atoms with E-state index in [-0.39, 0.29) is 11.5 Å². The van der Waals surface area contributed by atoms with E-state index in [0.717, 1.165) is 10.4 Å². The number of rotatable bonds is 6. The van der Waals surface area contributed by atoms with Crippen molar-refractivity contribution in [2.24, 2.45) is 0 Å². The highest BCUT2D eigenvalue weighted by molar-refractivity contribution is 7.17. The average molecular weight is 417 g/mol. The number of nitrogens with zero attached hydrogens (tertiary/aromatic N) is 3. The fourth-order valence-corrected chi connectivity index (χ4v) is 3.79. The molecular weight excluding hydrogens is 400 g/mol. The Labute approximate surface area is 177 Å². The molecule has 0 spiro atoms. The fraction of sp³-hybridized carbons (Fsp3) is 0.0909. The van der Waals surface area contributed by atoms with E-state index in [1.54, 1.807) is 37.3 Å². The molecular formula is C22H17N4O3S+. The lowest BCUT2D eigenvalue weighted by Gasteiger charge is -2.08. The number of nitrogens with one attached hydrogen (secondary N) is 1. The predicted molar refractivity (Wildman–Crippen MR) is 115 cm³/mol. The number of para-hydroxylation sites is 1. The molecule has 7 nitrogen and oxygen atoms in total. The first-order chi connectivity index (χ1) is 14.6. The Morgan fingerprint density at radius 1 is 1.17 bits per heavy atom. The number of hydrogen-bond donors (Lipinski definition) is 2. The van der Waals surface area contributed by atoms with E-state index < -0.39 is 17.4 Å². The topological polar surface area (TPSA) is 110 Å². The van der Waals surface area contributed by atoms with Crippen LogP contribution in [0.2, 0.25) is 0 Å². The summed E-state index contributed by atoms with van der Waals surface area (Å²) < 4.78 is 4.85. The van der Waals surface area contributed by atoms with Crippen molar-refractivity contribution in [1.29, 1.82) is 10.7 Å². The van der Waals surface area contributed by atoms with E-state index in [2.05, 4.69) is 16.4 Å². The summed E-state index contributed by atoms with van der Waals surface area (Å²) in [6.45, 7) is 1.67. The molecule has 0 radical (unpaired) electrons. The lowest BCUT2D eigenvalue weighted by atomic mass is 10.1. The monoisotopic (exact) mass is 417 g/mol. The second kappa shape index (κ2) is 9.37. The number of esters is 1. The van der Waals surface area contributed by atoms with Crippen LogP contribution in [0.15, 0.2) is 66.4 Å². The van der Waals surface area contributed by atoms with Gasteiger partial charge < -0.3 is 15.2 Å². The average Bonchev–Trinajstić information content (AvgIpc) is 3.19. The summed E-state index contributed by atoms with van der Waals surface area (Å²) in [6.07, 6.45) is 0. The highest BCUT2D eigenvalue weighted by Gasteiger charge is 2.34. The summed E-state index contributed by atoms with van der Waals surface area (Å²) in [7, 11) is 0. The predicted octanol–water partition coefficient (Wildman–Crippen LogP) is 5.67. The number of ether oxygens (including phenoxy) is 1. The molecule has 0 atom stereocenters. The zero-order chi connectivity index (χ0) is 21.5. The number of aliphatic hydroxyl groups excluding tert-OH is 1. The van der Waals surface area contributed by atoms with E-state index in [0.29, 0.717) is 16.9 Å². The number of aliphatic hydroxyl groups is 1. The van der Waals surface area contributed by atoms with Crippen LogP contribution >= 0.6 is 11.3 Å². The normalized spacial score (nSPS) is 11.0. The van der Waals surface area contributed by atoms with Crippen molar-refractivity contribution in [3.05, 3.63) is 81.8 Å². The first-order valence-corrected chi connectivity index (χ1v) is 9.81. The molecule has 30 heavy (non-hydrogen) atoms. The Balaban J connectivity index is 2.15. The van der Waals surface area contributed by atoms with Gasteiger partial charge in [-0.25, -0.2) is 4.79 Å². The van der Waals surface area contributed by atoms with Gasteiger partial charge in [0, 0.05) is 4.88 Å². The molecule has 0 unspecified atom stereocenters. The Bertz CT molecular complexity index is 1190. The van der Waals surface area contributed by atoms with Gasteiger partial charge in [0.1, 0.15) is 10.9 Å². The molecule has 0 amide bonds. The number of anilines is 2. The number of carbonyl (C=O) groups is 1.